The summed E-state index contributed by atoms with van der Waals surface area (Å²) in [6.07, 6.45) is 0. The van der Waals surface area contributed by atoms with Gasteiger partial charge in [-0.3, -0.25) is 4.79 Å². The first kappa shape index (κ1) is 17.0. The maximum Gasteiger partial charge on any atom is 0.270 e. The molecule has 0 radical (unpaired) electrons. The van der Waals surface area contributed by atoms with Crippen molar-refractivity contribution in [3.05, 3.63) is 40.7 Å². The first-order chi connectivity index (χ1) is 10.9. The van der Waals surface area contributed by atoms with Crippen LogP contribution in [0.15, 0.2) is 24.3 Å². The van der Waals surface area contributed by atoms with Gasteiger partial charge < -0.3 is 15.4 Å². The van der Waals surface area contributed by atoms with E-state index in [1.807, 2.05) is 13.8 Å². The molecule has 6 nitrogen and oxygen atoms in total. The van der Waals surface area contributed by atoms with Gasteiger partial charge in [0, 0.05) is 17.4 Å². The van der Waals surface area contributed by atoms with Gasteiger partial charge in [-0.25, -0.2) is 9.97 Å². The summed E-state index contributed by atoms with van der Waals surface area (Å²) in [5, 5.41) is 6.33. The van der Waals surface area contributed by atoms with Crippen LogP contribution >= 0.6 is 11.6 Å². The summed E-state index contributed by atoms with van der Waals surface area (Å²) in [4.78, 5) is 20.6. The number of rotatable bonds is 5. The number of nitrogens with zero attached hydrogens (tertiary/aromatic N) is 2. The zero-order chi connectivity index (χ0) is 17.0. The molecule has 1 aromatic heterocycles. The molecule has 0 atom stereocenters. The second-order valence-electron chi connectivity index (χ2n) is 5.32. The van der Waals surface area contributed by atoms with Gasteiger partial charge in [-0.2, -0.15) is 0 Å². The maximum absolute atomic E-state index is 12.1. The minimum absolute atomic E-state index is 0.0366. The number of hydrogen-bond acceptors (Lipinski definition) is 5. The predicted molar refractivity (Wildman–Crippen MR) is 90.7 cm³/mol. The Bertz CT molecular complexity index is 719. The molecular weight excluding hydrogens is 316 g/mol. The molecule has 0 bridgehead atoms. The van der Waals surface area contributed by atoms with Crippen molar-refractivity contribution in [1.29, 1.82) is 0 Å². The molecule has 0 spiro atoms. The number of ether oxygens (including phenoxy) is 1. The molecule has 0 aliphatic heterocycles. The van der Waals surface area contributed by atoms with E-state index in [0.717, 1.165) is 0 Å². The molecule has 2 N–H and O–H groups in total. The van der Waals surface area contributed by atoms with Gasteiger partial charge in [0.2, 0.25) is 5.95 Å². The van der Waals surface area contributed by atoms with E-state index in [-0.39, 0.29) is 11.9 Å². The number of hydrogen-bond donors (Lipinski definition) is 2. The molecule has 1 amide bonds. The number of carbonyl (C=O) groups is 1. The average Bonchev–Trinajstić information content (AvgIpc) is 2.46. The SMILES string of the molecule is COc1ccc(Nc2nc(C)cc(C(=O)NC(C)C)n2)cc1Cl. The minimum atomic E-state index is -0.235. The predicted octanol–water partition coefficient (Wildman–Crippen LogP) is 3.33. The first-order valence-corrected chi connectivity index (χ1v) is 7.54. The molecule has 2 rings (SSSR count). The molecule has 0 saturated carbocycles. The van der Waals surface area contributed by atoms with Gasteiger partial charge >= 0.3 is 0 Å². The van der Waals surface area contributed by atoms with Crippen molar-refractivity contribution in [2.75, 3.05) is 12.4 Å². The average molecular weight is 335 g/mol. The van der Waals surface area contributed by atoms with E-state index in [2.05, 4.69) is 20.6 Å². The summed E-state index contributed by atoms with van der Waals surface area (Å²) in [6.45, 7) is 5.59. The Morgan fingerprint density at radius 1 is 1.26 bits per heavy atom. The topological polar surface area (TPSA) is 76.1 Å². The Hall–Kier alpha value is -2.34. The number of nitrogens with one attached hydrogen (secondary N) is 2. The third kappa shape index (κ3) is 4.56. The molecule has 0 saturated heterocycles. The number of aromatic nitrogens is 2. The monoisotopic (exact) mass is 334 g/mol. The number of carbonyl (C=O) groups excluding carboxylic acids is 1. The summed E-state index contributed by atoms with van der Waals surface area (Å²) < 4.78 is 5.11. The van der Waals surface area contributed by atoms with E-state index in [1.165, 1.54) is 0 Å². The van der Waals surface area contributed by atoms with E-state index < -0.39 is 0 Å². The van der Waals surface area contributed by atoms with Crippen molar-refractivity contribution >= 4 is 29.1 Å². The zero-order valence-electron chi connectivity index (χ0n) is 13.5. The molecule has 0 fully saturated rings. The lowest BCUT2D eigenvalue weighted by Crippen LogP contribution is -2.31. The van der Waals surface area contributed by atoms with Crippen LogP contribution in [0.4, 0.5) is 11.6 Å². The highest BCUT2D eigenvalue weighted by Gasteiger charge is 2.12. The van der Waals surface area contributed by atoms with Crippen molar-refractivity contribution in [3.63, 3.8) is 0 Å². The quantitative estimate of drug-likeness (QED) is 0.877. The molecule has 23 heavy (non-hydrogen) atoms. The Balaban J connectivity index is 2.24. The van der Waals surface area contributed by atoms with Crippen molar-refractivity contribution < 1.29 is 9.53 Å². The van der Waals surface area contributed by atoms with Crippen LogP contribution in [-0.4, -0.2) is 29.0 Å². The van der Waals surface area contributed by atoms with E-state index in [9.17, 15) is 4.79 Å². The normalized spacial score (nSPS) is 10.5. The number of methoxy groups -OCH3 is 1. The second-order valence-corrected chi connectivity index (χ2v) is 5.73. The maximum atomic E-state index is 12.1. The van der Waals surface area contributed by atoms with Gasteiger partial charge in [0.15, 0.2) is 0 Å². The molecule has 122 valence electrons. The fourth-order valence-electron chi connectivity index (χ4n) is 1.95. The summed E-state index contributed by atoms with van der Waals surface area (Å²) in [6, 6.07) is 6.93. The van der Waals surface area contributed by atoms with Gasteiger partial charge in [0.25, 0.3) is 5.91 Å². The number of amides is 1. The highest BCUT2D eigenvalue weighted by Crippen LogP contribution is 2.28. The molecule has 1 aromatic carbocycles. The lowest BCUT2D eigenvalue weighted by molar-refractivity contribution is 0.0938. The van der Waals surface area contributed by atoms with Crippen molar-refractivity contribution in [3.8, 4) is 5.75 Å². The molecule has 1 heterocycles. The zero-order valence-corrected chi connectivity index (χ0v) is 14.2. The van der Waals surface area contributed by atoms with Crippen molar-refractivity contribution in [2.45, 2.75) is 26.8 Å². The van der Waals surface area contributed by atoms with E-state index in [4.69, 9.17) is 16.3 Å². The van der Waals surface area contributed by atoms with E-state index >= 15 is 0 Å². The minimum Gasteiger partial charge on any atom is -0.495 e. The third-order valence-corrected chi connectivity index (χ3v) is 3.21. The Kier molecular flexibility index (Phi) is 5.39. The molecule has 7 heteroatoms. The summed E-state index contributed by atoms with van der Waals surface area (Å²) in [5.41, 5.74) is 1.71. The van der Waals surface area contributed by atoms with Crippen LogP contribution in [0, 0.1) is 6.92 Å². The van der Waals surface area contributed by atoms with Gasteiger partial charge in [0.1, 0.15) is 11.4 Å². The fourth-order valence-corrected chi connectivity index (χ4v) is 2.21. The number of aryl methyl sites for hydroxylation is 1. The molecule has 0 aliphatic rings. The van der Waals surface area contributed by atoms with Crippen molar-refractivity contribution in [1.82, 2.24) is 15.3 Å². The molecular formula is C16H19ClN4O2. The van der Waals surface area contributed by atoms with Gasteiger partial charge in [-0.1, -0.05) is 11.6 Å². The Labute approximate surface area is 140 Å². The van der Waals surface area contributed by atoms with E-state index in [0.29, 0.717) is 33.8 Å². The van der Waals surface area contributed by atoms with Gasteiger partial charge in [-0.05, 0) is 45.0 Å². The fraction of sp³-hybridized carbons (Fsp3) is 0.312. The van der Waals surface area contributed by atoms with Crippen LogP contribution in [0.1, 0.15) is 30.0 Å². The highest BCUT2D eigenvalue weighted by atomic mass is 35.5. The Morgan fingerprint density at radius 3 is 2.61 bits per heavy atom. The standard InChI is InChI=1S/C16H19ClN4O2/c1-9(2)18-15(22)13-7-10(3)19-16(21-13)20-11-5-6-14(23-4)12(17)8-11/h5-9H,1-4H3,(H,18,22)(H,19,20,21). The second kappa shape index (κ2) is 7.28. The molecule has 0 aliphatic carbocycles. The number of anilines is 2. The third-order valence-electron chi connectivity index (χ3n) is 2.91. The largest absolute Gasteiger partial charge is 0.495 e. The lowest BCUT2D eigenvalue weighted by atomic mass is 10.3. The van der Waals surface area contributed by atoms with Crippen LogP contribution in [0.5, 0.6) is 5.75 Å². The Morgan fingerprint density at radius 2 is 2.00 bits per heavy atom. The first-order valence-electron chi connectivity index (χ1n) is 7.16. The lowest BCUT2D eigenvalue weighted by Gasteiger charge is -2.11. The van der Waals surface area contributed by atoms with Crippen molar-refractivity contribution in [2.24, 2.45) is 0 Å². The van der Waals surface area contributed by atoms with Crippen LogP contribution < -0.4 is 15.4 Å². The summed E-state index contributed by atoms with van der Waals surface area (Å²) >= 11 is 6.10. The van der Waals surface area contributed by atoms with Crippen LogP contribution in [0.3, 0.4) is 0 Å². The number of halogens is 1. The summed E-state index contributed by atoms with van der Waals surface area (Å²) in [7, 11) is 1.55. The van der Waals surface area contributed by atoms with Crippen LogP contribution in [0.25, 0.3) is 0 Å². The molecule has 2 aromatic rings. The summed E-state index contributed by atoms with van der Waals surface area (Å²) in [5.74, 6) is 0.681. The van der Waals surface area contributed by atoms with Crippen LogP contribution in [0.2, 0.25) is 5.02 Å². The smallest absolute Gasteiger partial charge is 0.270 e. The van der Waals surface area contributed by atoms with Gasteiger partial charge in [0.05, 0.1) is 12.1 Å². The van der Waals surface area contributed by atoms with E-state index in [1.54, 1.807) is 38.3 Å². The highest BCUT2D eigenvalue weighted by molar-refractivity contribution is 6.32. The van der Waals surface area contributed by atoms with Crippen LogP contribution in [-0.2, 0) is 0 Å². The van der Waals surface area contributed by atoms with Gasteiger partial charge in [-0.15, -0.1) is 0 Å². The molecule has 0 unspecified atom stereocenters. The number of benzene rings is 1.